The molecule has 2 rings (SSSR count). The van der Waals surface area contributed by atoms with Crippen molar-refractivity contribution in [2.75, 3.05) is 20.8 Å². The van der Waals surface area contributed by atoms with Gasteiger partial charge in [0.05, 0.1) is 13.2 Å². The highest BCUT2D eigenvalue weighted by atomic mass is 28.4. The topological polar surface area (TPSA) is 85.4 Å². The monoisotopic (exact) mass is 464 g/mol. The molecule has 0 aromatic heterocycles. The van der Waals surface area contributed by atoms with Crippen molar-refractivity contribution in [2.45, 2.75) is 70.3 Å². The highest BCUT2D eigenvalue weighted by Crippen LogP contribution is 2.38. The van der Waals surface area contributed by atoms with E-state index in [1.165, 1.54) is 19.1 Å². The summed E-state index contributed by atoms with van der Waals surface area (Å²) in [6.45, 7) is 10.4. The number of imide groups is 1. The van der Waals surface area contributed by atoms with Gasteiger partial charge < -0.3 is 9.16 Å². The Kier molecular flexibility index (Phi) is 8.61. The van der Waals surface area contributed by atoms with Crippen LogP contribution in [-0.4, -0.2) is 69.1 Å². The SMILES string of the molecule is CON(C)C(=O)CC[C@H](O[Si](C)(C)C(C)(C)C)C(=O)N1C(=O)OC[C@H]1Cc1ccccc1. The second-order valence-corrected chi connectivity index (χ2v) is 14.4. The molecule has 1 fully saturated rings. The number of amides is 3. The Labute approximate surface area is 191 Å². The molecule has 3 amide bonds. The summed E-state index contributed by atoms with van der Waals surface area (Å²) in [5.41, 5.74) is 1.01. The van der Waals surface area contributed by atoms with Gasteiger partial charge in [0.25, 0.3) is 5.91 Å². The molecule has 9 heteroatoms. The van der Waals surface area contributed by atoms with Crippen LogP contribution < -0.4 is 0 Å². The smallest absolute Gasteiger partial charge is 0.417 e. The zero-order valence-electron chi connectivity index (χ0n) is 20.2. The molecule has 0 N–H and O–H groups in total. The van der Waals surface area contributed by atoms with Crippen molar-refractivity contribution >= 4 is 26.2 Å². The summed E-state index contributed by atoms with van der Waals surface area (Å²) in [6.07, 6.45) is -0.883. The van der Waals surface area contributed by atoms with Crippen LogP contribution in [0.5, 0.6) is 0 Å². The van der Waals surface area contributed by atoms with Crippen LogP contribution in [0.3, 0.4) is 0 Å². The minimum Gasteiger partial charge on any atom is -0.447 e. The van der Waals surface area contributed by atoms with Crippen molar-refractivity contribution in [1.82, 2.24) is 9.96 Å². The molecule has 1 heterocycles. The summed E-state index contributed by atoms with van der Waals surface area (Å²) in [7, 11) is 0.556. The predicted molar refractivity (Wildman–Crippen MR) is 123 cm³/mol. The van der Waals surface area contributed by atoms with Crippen LogP contribution in [-0.2, 0) is 30.0 Å². The third-order valence-electron chi connectivity index (χ3n) is 6.28. The average Bonchev–Trinajstić information content (AvgIpc) is 3.09. The molecule has 8 nitrogen and oxygen atoms in total. The highest BCUT2D eigenvalue weighted by molar-refractivity contribution is 6.74. The molecular weight excluding hydrogens is 428 g/mol. The lowest BCUT2D eigenvalue weighted by Gasteiger charge is -2.39. The summed E-state index contributed by atoms with van der Waals surface area (Å²) in [5, 5.41) is 0.976. The Hall–Kier alpha value is -2.23. The fraction of sp³-hybridized carbons (Fsp3) is 0.609. The van der Waals surface area contributed by atoms with Crippen LogP contribution in [0.25, 0.3) is 0 Å². The molecule has 1 saturated heterocycles. The summed E-state index contributed by atoms with van der Waals surface area (Å²) >= 11 is 0. The normalized spacial score (nSPS) is 17.8. The molecule has 178 valence electrons. The van der Waals surface area contributed by atoms with E-state index in [0.717, 1.165) is 10.6 Å². The van der Waals surface area contributed by atoms with Gasteiger partial charge in [-0.25, -0.2) is 14.8 Å². The lowest BCUT2D eigenvalue weighted by atomic mass is 10.0. The summed E-state index contributed by atoms with van der Waals surface area (Å²) in [6, 6.07) is 9.24. The van der Waals surface area contributed by atoms with E-state index in [1.54, 1.807) is 0 Å². The largest absolute Gasteiger partial charge is 0.447 e. The van der Waals surface area contributed by atoms with E-state index in [4.69, 9.17) is 14.0 Å². The molecular formula is C23H36N2O6Si. The molecule has 0 radical (unpaired) electrons. The minimum absolute atomic E-state index is 0.0572. The van der Waals surface area contributed by atoms with Crippen molar-refractivity contribution in [3.05, 3.63) is 35.9 Å². The Balaban J connectivity index is 2.25. The quantitative estimate of drug-likeness (QED) is 0.409. The maximum Gasteiger partial charge on any atom is 0.417 e. The van der Waals surface area contributed by atoms with Crippen LogP contribution >= 0.6 is 0 Å². The van der Waals surface area contributed by atoms with Crippen LogP contribution in [0.2, 0.25) is 18.1 Å². The molecule has 1 aliphatic rings. The van der Waals surface area contributed by atoms with Crippen LogP contribution in [0.15, 0.2) is 30.3 Å². The molecule has 0 spiro atoms. The first-order valence-electron chi connectivity index (χ1n) is 10.9. The van der Waals surface area contributed by atoms with Crippen molar-refractivity contribution in [1.29, 1.82) is 0 Å². The van der Waals surface area contributed by atoms with E-state index in [0.29, 0.717) is 6.42 Å². The fourth-order valence-corrected chi connectivity index (χ4v) is 4.48. The molecule has 0 unspecified atom stereocenters. The number of rotatable bonds is 9. The number of carbonyl (C=O) groups excluding carboxylic acids is 3. The predicted octanol–water partition coefficient (Wildman–Crippen LogP) is 3.77. The molecule has 1 aromatic carbocycles. The number of ether oxygens (including phenoxy) is 1. The van der Waals surface area contributed by atoms with Crippen molar-refractivity contribution in [3.63, 3.8) is 0 Å². The molecule has 32 heavy (non-hydrogen) atoms. The van der Waals surface area contributed by atoms with Gasteiger partial charge in [-0.05, 0) is 36.5 Å². The highest BCUT2D eigenvalue weighted by Gasteiger charge is 2.45. The maximum atomic E-state index is 13.6. The van der Waals surface area contributed by atoms with Gasteiger partial charge in [-0.15, -0.1) is 0 Å². The Morgan fingerprint density at radius 3 is 2.44 bits per heavy atom. The van der Waals surface area contributed by atoms with E-state index in [9.17, 15) is 14.4 Å². The van der Waals surface area contributed by atoms with Gasteiger partial charge in [0.1, 0.15) is 12.7 Å². The first-order chi connectivity index (χ1) is 14.9. The molecule has 0 aliphatic carbocycles. The number of cyclic esters (lactones) is 1. The first kappa shape index (κ1) is 26.0. The Morgan fingerprint density at radius 2 is 1.88 bits per heavy atom. The van der Waals surface area contributed by atoms with Gasteiger partial charge in [-0.1, -0.05) is 51.1 Å². The van der Waals surface area contributed by atoms with Crippen LogP contribution in [0.1, 0.15) is 39.2 Å². The zero-order valence-corrected chi connectivity index (χ0v) is 21.2. The van der Waals surface area contributed by atoms with Gasteiger partial charge in [-0.3, -0.25) is 14.4 Å². The lowest BCUT2D eigenvalue weighted by Crippen LogP contribution is -2.52. The molecule has 0 saturated carbocycles. The van der Waals surface area contributed by atoms with Crippen molar-refractivity contribution in [2.24, 2.45) is 0 Å². The van der Waals surface area contributed by atoms with E-state index in [1.807, 2.05) is 43.4 Å². The van der Waals surface area contributed by atoms with Crippen LogP contribution in [0, 0.1) is 0 Å². The van der Waals surface area contributed by atoms with E-state index >= 15 is 0 Å². The second-order valence-electron chi connectivity index (χ2n) is 9.61. The van der Waals surface area contributed by atoms with E-state index in [2.05, 4.69) is 20.8 Å². The standard InChI is InChI=1S/C23H36N2O6Si/c1-23(2,3)32(6,7)31-19(13-14-20(26)24(4)29-5)21(27)25-18(16-30-22(25)28)15-17-11-9-8-10-12-17/h8-12,18-19H,13-16H2,1-7H3/t18-,19+/m1/s1. The second kappa shape index (κ2) is 10.6. The average molecular weight is 465 g/mol. The summed E-state index contributed by atoms with van der Waals surface area (Å²) < 4.78 is 11.6. The maximum absolute atomic E-state index is 13.6. The van der Waals surface area contributed by atoms with E-state index in [-0.39, 0.29) is 30.4 Å². The van der Waals surface area contributed by atoms with Gasteiger partial charge in [0.15, 0.2) is 8.32 Å². The third kappa shape index (κ3) is 6.40. The lowest BCUT2D eigenvalue weighted by molar-refractivity contribution is -0.169. The van der Waals surface area contributed by atoms with Gasteiger partial charge >= 0.3 is 6.09 Å². The number of carbonyl (C=O) groups is 3. The summed E-state index contributed by atoms with van der Waals surface area (Å²) in [4.78, 5) is 44.5. The van der Waals surface area contributed by atoms with Gasteiger partial charge in [0.2, 0.25) is 5.91 Å². The minimum atomic E-state index is -2.36. The Morgan fingerprint density at radius 1 is 1.25 bits per heavy atom. The van der Waals surface area contributed by atoms with Crippen molar-refractivity contribution in [3.8, 4) is 0 Å². The zero-order chi connectivity index (χ0) is 24.1. The number of hydrogen-bond donors (Lipinski definition) is 0. The van der Waals surface area contributed by atoms with Gasteiger partial charge in [-0.2, -0.15) is 0 Å². The first-order valence-corrected chi connectivity index (χ1v) is 13.8. The van der Waals surface area contributed by atoms with Crippen LogP contribution in [0.4, 0.5) is 4.79 Å². The number of nitrogens with zero attached hydrogens (tertiary/aromatic N) is 2. The summed E-state index contributed by atoms with van der Waals surface area (Å²) in [5.74, 6) is -0.722. The third-order valence-corrected chi connectivity index (χ3v) is 10.8. The number of benzene rings is 1. The van der Waals surface area contributed by atoms with Crippen molar-refractivity contribution < 1.29 is 28.4 Å². The number of hydrogen-bond acceptors (Lipinski definition) is 6. The molecule has 1 aliphatic heterocycles. The van der Waals surface area contributed by atoms with Gasteiger partial charge in [0, 0.05) is 13.5 Å². The molecule has 0 bridgehead atoms. The fourth-order valence-electron chi connectivity index (χ4n) is 3.20. The number of hydroxylamine groups is 2. The molecule has 2 atom stereocenters. The van der Waals surface area contributed by atoms with E-state index < -0.39 is 32.5 Å². The molecule has 1 aromatic rings. The Bertz CT molecular complexity index is 808.